The van der Waals surface area contributed by atoms with Gasteiger partial charge < -0.3 is 5.73 Å². The topological polar surface area (TPSA) is 43.8 Å². The van der Waals surface area contributed by atoms with Crippen molar-refractivity contribution < 1.29 is 0 Å². The minimum Gasteiger partial charge on any atom is -0.396 e. The smallest absolute Gasteiger partial charge is 0.0740 e. The van der Waals surface area contributed by atoms with Gasteiger partial charge in [0.2, 0.25) is 0 Å². The SMILES string of the molecule is Nc1cnn(-c2ccc(Cl)c(Cl)c2)c1C1CC1. The lowest BCUT2D eigenvalue weighted by Gasteiger charge is -2.08. The highest BCUT2D eigenvalue weighted by atomic mass is 35.5. The number of nitrogen functional groups attached to an aromatic ring is 1. The Kier molecular flexibility index (Phi) is 2.53. The van der Waals surface area contributed by atoms with Crippen LogP contribution in [0.1, 0.15) is 24.5 Å². The summed E-state index contributed by atoms with van der Waals surface area (Å²) in [6.07, 6.45) is 4.05. The lowest BCUT2D eigenvalue weighted by molar-refractivity contribution is 0.809. The highest BCUT2D eigenvalue weighted by Gasteiger charge is 2.30. The van der Waals surface area contributed by atoms with Gasteiger partial charge in [0.25, 0.3) is 0 Å². The van der Waals surface area contributed by atoms with E-state index in [4.69, 9.17) is 28.9 Å². The van der Waals surface area contributed by atoms with E-state index in [-0.39, 0.29) is 0 Å². The first kappa shape index (κ1) is 10.9. The molecule has 2 N–H and O–H groups in total. The number of benzene rings is 1. The van der Waals surface area contributed by atoms with Gasteiger partial charge in [0.1, 0.15) is 0 Å². The summed E-state index contributed by atoms with van der Waals surface area (Å²) in [6, 6.07) is 5.47. The average Bonchev–Trinajstić information content (AvgIpc) is 3.06. The lowest BCUT2D eigenvalue weighted by Crippen LogP contribution is -2.02. The zero-order valence-electron chi connectivity index (χ0n) is 9.03. The molecular weight excluding hydrogens is 257 g/mol. The van der Waals surface area contributed by atoms with Crippen molar-refractivity contribution in [2.24, 2.45) is 0 Å². The van der Waals surface area contributed by atoms with E-state index in [1.54, 1.807) is 12.3 Å². The standard InChI is InChI=1S/C12H11Cl2N3/c13-9-4-3-8(5-10(9)14)17-12(7-1-2-7)11(15)6-16-17/h3-7H,1-2,15H2. The van der Waals surface area contributed by atoms with Gasteiger partial charge in [-0.05, 0) is 31.0 Å². The number of anilines is 1. The maximum Gasteiger partial charge on any atom is 0.0740 e. The largest absolute Gasteiger partial charge is 0.396 e. The zero-order valence-corrected chi connectivity index (χ0v) is 10.5. The molecule has 0 atom stereocenters. The molecule has 0 amide bonds. The van der Waals surface area contributed by atoms with Crippen molar-refractivity contribution in [1.29, 1.82) is 0 Å². The molecule has 0 aliphatic heterocycles. The van der Waals surface area contributed by atoms with Crippen molar-refractivity contribution >= 4 is 28.9 Å². The fourth-order valence-electron chi connectivity index (χ4n) is 1.96. The van der Waals surface area contributed by atoms with Gasteiger partial charge in [-0.25, -0.2) is 4.68 Å². The van der Waals surface area contributed by atoms with Crippen LogP contribution in [0.4, 0.5) is 5.69 Å². The van der Waals surface area contributed by atoms with Crippen LogP contribution in [0.15, 0.2) is 24.4 Å². The number of rotatable bonds is 2. The van der Waals surface area contributed by atoms with E-state index < -0.39 is 0 Å². The van der Waals surface area contributed by atoms with Gasteiger partial charge in [0.05, 0.1) is 33.3 Å². The van der Waals surface area contributed by atoms with Crippen LogP contribution < -0.4 is 5.73 Å². The molecule has 5 heteroatoms. The molecular formula is C12H11Cl2N3. The number of hydrogen-bond donors (Lipinski definition) is 1. The van der Waals surface area contributed by atoms with E-state index in [1.807, 2.05) is 16.8 Å². The summed E-state index contributed by atoms with van der Waals surface area (Å²) in [4.78, 5) is 0. The Morgan fingerprint density at radius 3 is 2.65 bits per heavy atom. The predicted molar refractivity (Wildman–Crippen MR) is 70.0 cm³/mol. The number of halogens is 2. The number of aromatic nitrogens is 2. The normalized spacial score (nSPS) is 15.2. The highest BCUT2D eigenvalue weighted by molar-refractivity contribution is 6.42. The van der Waals surface area contributed by atoms with Crippen LogP contribution >= 0.6 is 23.2 Å². The molecule has 0 unspecified atom stereocenters. The summed E-state index contributed by atoms with van der Waals surface area (Å²) in [5.41, 5.74) is 8.68. The van der Waals surface area contributed by atoms with Gasteiger partial charge in [0, 0.05) is 5.92 Å². The Labute approximate surface area is 109 Å². The van der Waals surface area contributed by atoms with Gasteiger partial charge in [-0.15, -0.1) is 0 Å². The summed E-state index contributed by atoms with van der Waals surface area (Å²) in [5, 5.41) is 5.38. The van der Waals surface area contributed by atoms with Gasteiger partial charge in [-0.3, -0.25) is 0 Å². The predicted octanol–water partition coefficient (Wildman–Crippen LogP) is 3.64. The first-order valence-electron chi connectivity index (χ1n) is 5.45. The summed E-state index contributed by atoms with van der Waals surface area (Å²) in [7, 11) is 0. The molecule has 1 aromatic heterocycles. The third kappa shape index (κ3) is 1.90. The molecule has 1 aromatic carbocycles. The van der Waals surface area contributed by atoms with Crippen LogP contribution in [0.5, 0.6) is 0 Å². The second-order valence-electron chi connectivity index (χ2n) is 4.27. The maximum atomic E-state index is 6.01. The second kappa shape index (κ2) is 3.93. The monoisotopic (exact) mass is 267 g/mol. The van der Waals surface area contributed by atoms with Gasteiger partial charge in [-0.1, -0.05) is 23.2 Å². The van der Waals surface area contributed by atoms with Gasteiger partial charge >= 0.3 is 0 Å². The first-order chi connectivity index (χ1) is 8.16. The Morgan fingerprint density at radius 1 is 1.24 bits per heavy atom. The lowest BCUT2D eigenvalue weighted by atomic mass is 10.2. The minimum atomic E-state index is 0.528. The van der Waals surface area contributed by atoms with Crippen LogP contribution in [0, 0.1) is 0 Å². The van der Waals surface area contributed by atoms with Crippen molar-refractivity contribution in [1.82, 2.24) is 9.78 Å². The molecule has 2 aromatic rings. The zero-order chi connectivity index (χ0) is 12.0. The van der Waals surface area contributed by atoms with E-state index in [0.29, 0.717) is 16.0 Å². The van der Waals surface area contributed by atoms with Crippen LogP contribution in [-0.4, -0.2) is 9.78 Å². The third-order valence-corrected chi connectivity index (χ3v) is 3.69. The summed E-state index contributed by atoms with van der Waals surface area (Å²) < 4.78 is 1.86. The molecule has 0 spiro atoms. The molecule has 17 heavy (non-hydrogen) atoms. The quantitative estimate of drug-likeness (QED) is 0.903. The van der Waals surface area contributed by atoms with E-state index in [1.165, 1.54) is 12.8 Å². The molecule has 1 fully saturated rings. The number of hydrogen-bond acceptors (Lipinski definition) is 2. The fourth-order valence-corrected chi connectivity index (χ4v) is 2.25. The van der Waals surface area contributed by atoms with Crippen molar-refractivity contribution in [2.75, 3.05) is 5.73 Å². The minimum absolute atomic E-state index is 0.528. The van der Waals surface area contributed by atoms with Crippen LogP contribution in [0.25, 0.3) is 5.69 Å². The first-order valence-corrected chi connectivity index (χ1v) is 6.21. The van der Waals surface area contributed by atoms with Crippen molar-refractivity contribution in [3.63, 3.8) is 0 Å². The molecule has 0 bridgehead atoms. The van der Waals surface area contributed by atoms with Gasteiger partial charge in [-0.2, -0.15) is 5.10 Å². The molecule has 1 saturated carbocycles. The van der Waals surface area contributed by atoms with Crippen molar-refractivity contribution in [3.05, 3.63) is 40.1 Å². The molecule has 3 rings (SSSR count). The molecule has 0 saturated heterocycles. The summed E-state index contributed by atoms with van der Waals surface area (Å²) in [5.74, 6) is 0.534. The number of nitrogens with two attached hydrogens (primary N) is 1. The van der Waals surface area contributed by atoms with Crippen LogP contribution in [0.3, 0.4) is 0 Å². The Morgan fingerprint density at radius 2 is 2.00 bits per heavy atom. The van der Waals surface area contributed by atoms with Crippen LogP contribution in [0.2, 0.25) is 10.0 Å². The summed E-state index contributed by atoms with van der Waals surface area (Å²) >= 11 is 11.9. The Balaban J connectivity index is 2.11. The molecule has 88 valence electrons. The number of nitrogens with zero attached hydrogens (tertiary/aromatic N) is 2. The Bertz CT molecular complexity index is 573. The van der Waals surface area contributed by atoms with E-state index in [0.717, 1.165) is 17.1 Å². The van der Waals surface area contributed by atoms with E-state index >= 15 is 0 Å². The molecule has 1 aliphatic rings. The van der Waals surface area contributed by atoms with E-state index in [2.05, 4.69) is 5.10 Å². The molecule has 3 nitrogen and oxygen atoms in total. The second-order valence-corrected chi connectivity index (χ2v) is 5.08. The molecule has 1 aliphatic carbocycles. The fraction of sp³-hybridized carbons (Fsp3) is 0.250. The molecule has 0 radical (unpaired) electrons. The van der Waals surface area contributed by atoms with Crippen LogP contribution in [-0.2, 0) is 0 Å². The molecule has 1 heterocycles. The van der Waals surface area contributed by atoms with Crippen molar-refractivity contribution in [2.45, 2.75) is 18.8 Å². The maximum absolute atomic E-state index is 6.01. The average molecular weight is 268 g/mol. The van der Waals surface area contributed by atoms with Crippen molar-refractivity contribution in [3.8, 4) is 5.69 Å². The van der Waals surface area contributed by atoms with E-state index in [9.17, 15) is 0 Å². The summed E-state index contributed by atoms with van der Waals surface area (Å²) in [6.45, 7) is 0. The Hall–Kier alpha value is -1.19. The third-order valence-electron chi connectivity index (χ3n) is 2.95. The highest BCUT2D eigenvalue weighted by Crippen LogP contribution is 2.43. The van der Waals surface area contributed by atoms with Gasteiger partial charge in [0.15, 0.2) is 0 Å².